The molecule has 2 atom stereocenters. The Hall–Kier alpha value is -0.800. The molecule has 2 heterocycles. The Labute approximate surface area is 85.1 Å². The fourth-order valence-corrected chi connectivity index (χ4v) is 2.02. The molecule has 14 heavy (non-hydrogen) atoms. The molecule has 1 aliphatic rings. The van der Waals surface area contributed by atoms with Crippen LogP contribution in [-0.4, -0.2) is 30.6 Å². The Morgan fingerprint density at radius 3 is 3.14 bits per heavy atom. The topological polar surface area (TPSA) is 28.4 Å². The van der Waals surface area contributed by atoms with E-state index in [4.69, 9.17) is 4.42 Å². The predicted octanol–water partition coefficient (Wildman–Crippen LogP) is 1.63. The van der Waals surface area contributed by atoms with Crippen LogP contribution in [0.5, 0.6) is 0 Å². The molecule has 78 valence electrons. The summed E-state index contributed by atoms with van der Waals surface area (Å²) in [6.07, 6.45) is 1.75. The fourth-order valence-electron chi connectivity index (χ4n) is 2.02. The molecule has 0 unspecified atom stereocenters. The lowest BCUT2D eigenvalue weighted by molar-refractivity contribution is 0.143. The van der Waals surface area contributed by atoms with Crippen LogP contribution in [0.25, 0.3) is 0 Å². The van der Waals surface area contributed by atoms with Gasteiger partial charge in [-0.3, -0.25) is 4.90 Å². The van der Waals surface area contributed by atoms with Crippen LogP contribution in [0.4, 0.5) is 0 Å². The molecule has 1 saturated heterocycles. The van der Waals surface area contributed by atoms with Gasteiger partial charge in [-0.2, -0.15) is 0 Å². The first-order chi connectivity index (χ1) is 6.77. The van der Waals surface area contributed by atoms with Gasteiger partial charge in [-0.25, -0.2) is 0 Å². The molecule has 0 saturated carbocycles. The van der Waals surface area contributed by atoms with Crippen molar-refractivity contribution < 1.29 is 4.42 Å². The largest absolute Gasteiger partial charge is 0.468 e. The summed E-state index contributed by atoms with van der Waals surface area (Å²) in [5.74, 6) is 1.07. The van der Waals surface area contributed by atoms with Crippen LogP contribution < -0.4 is 5.32 Å². The third-order valence-electron chi connectivity index (χ3n) is 2.90. The molecule has 1 aliphatic heterocycles. The van der Waals surface area contributed by atoms with Gasteiger partial charge in [0.15, 0.2) is 0 Å². The highest BCUT2D eigenvalue weighted by atomic mass is 16.3. The van der Waals surface area contributed by atoms with Crippen LogP contribution in [0.15, 0.2) is 22.8 Å². The number of furan rings is 1. The summed E-state index contributed by atoms with van der Waals surface area (Å²) < 4.78 is 5.42. The Bertz CT molecular complexity index is 271. The zero-order valence-corrected chi connectivity index (χ0v) is 8.86. The SMILES string of the molecule is C[C@H](c1ccco1)N1CCN[C@@H](C)C1. The first-order valence-electron chi connectivity index (χ1n) is 5.28. The van der Waals surface area contributed by atoms with Crippen molar-refractivity contribution in [2.45, 2.75) is 25.9 Å². The molecule has 1 aromatic heterocycles. The number of hydrogen-bond donors (Lipinski definition) is 1. The van der Waals surface area contributed by atoms with Crippen molar-refractivity contribution in [1.82, 2.24) is 10.2 Å². The zero-order valence-electron chi connectivity index (χ0n) is 8.86. The van der Waals surface area contributed by atoms with Crippen LogP contribution in [-0.2, 0) is 0 Å². The van der Waals surface area contributed by atoms with E-state index in [0.29, 0.717) is 12.1 Å². The van der Waals surface area contributed by atoms with Crippen LogP contribution >= 0.6 is 0 Å². The lowest BCUT2D eigenvalue weighted by Gasteiger charge is -2.35. The Kier molecular flexibility index (Phi) is 2.89. The molecule has 0 radical (unpaired) electrons. The number of piperazine rings is 1. The van der Waals surface area contributed by atoms with Gasteiger partial charge in [0.25, 0.3) is 0 Å². The second-order valence-corrected chi connectivity index (χ2v) is 4.04. The smallest absolute Gasteiger partial charge is 0.120 e. The van der Waals surface area contributed by atoms with Gasteiger partial charge in [-0.05, 0) is 26.0 Å². The molecule has 1 aromatic rings. The predicted molar refractivity (Wildman–Crippen MR) is 56.2 cm³/mol. The summed E-state index contributed by atoms with van der Waals surface area (Å²) in [7, 11) is 0. The lowest BCUT2D eigenvalue weighted by Crippen LogP contribution is -2.49. The van der Waals surface area contributed by atoms with E-state index in [-0.39, 0.29) is 0 Å². The molecule has 0 bridgehead atoms. The number of nitrogens with one attached hydrogen (secondary N) is 1. The van der Waals surface area contributed by atoms with Gasteiger partial charge in [-0.15, -0.1) is 0 Å². The average molecular weight is 194 g/mol. The molecule has 1 fully saturated rings. The van der Waals surface area contributed by atoms with E-state index in [1.807, 2.05) is 6.07 Å². The van der Waals surface area contributed by atoms with Crippen LogP contribution in [0, 0.1) is 0 Å². The molecule has 0 spiro atoms. The van der Waals surface area contributed by atoms with Crippen molar-refractivity contribution in [3.63, 3.8) is 0 Å². The first kappa shape index (κ1) is 9.74. The van der Waals surface area contributed by atoms with E-state index in [1.165, 1.54) is 0 Å². The minimum Gasteiger partial charge on any atom is -0.468 e. The molecule has 2 rings (SSSR count). The molecular weight excluding hydrogens is 176 g/mol. The quantitative estimate of drug-likeness (QED) is 0.775. The standard InChI is InChI=1S/C11H18N2O/c1-9-8-13(6-5-12-9)10(2)11-4-3-7-14-11/h3-4,7,9-10,12H,5-6,8H2,1-2H3/t9-,10+/m0/s1. The number of rotatable bonds is 2. The second-order valence-electron chi connectivity index (χ2n) is 4.04. The Balaban J connectivity index is 2.00. The number of nitrogens with zero attached hydrogens (tertiary/aromatic N) is 1. The summed E-state index contributed by atoms with van der Waals surface area (Å²) >= 11 is 0. The van der Waals surface area contributed by atoms with Gasteiger partial charge in [0.05, 0.1) is 12.3 Å². The summed E-state index contributed by atoms with van der Waals surface area (Å²) in [5.41, 5.74) is 0. The van der Waals surface area contributed by atoms with Gasteiger partial charge in [0.2, 0.25) is 0 Å². The van der Waals surface area contributed by atoms with E-state index in [1.54, 1.807) is 6.26 Å². The van der Waals surface area contributed by atoms with Crippen molar-refractivity contribution >= 4 is 0 Å². The fraction of sp³-hybridized carbons (Fsp3) is 0.636. The van der Waals surface area contributed by atoms with E-state index in [2.05, 4.69) is 30.1 Å². The van der Waals surface area contributed by atoms with Crippen molar-refractivity contribution in [3.05, 3.63) is 24.2 Å². The Morgan fingerprint density at radius 1 is 1.64 bits per heavy atom. The third-order valence-corrected chi connectivity index (χ3v) is 2.90. The van der Waals surface area contributed by atoms with Crippen molar-refractivity contribution in [2.24, 2.45) is 0 Å². The van der Waals surface area contributed by atoms with Crippen LogP contribution in [0.1, 0.15) is 25.6 Å². The monoisotopic (exact) mass is 194 g/mol. The van der Waals surface area contributed by atoms with Crippen molar-refractivity contribution in [3.8, 4) is 0 Å². The molecule has 0 amide bonds. The maximum absolute atomic E-state index is 5.42. The van der Waals surface area contributed by atoms with Gasteiger partial charge in [0.1, 0.15) is 5.76 Å². The maximum atomic E-state index is 5.42. The minimum atomic E-state index is 0.398. The van der Waals surface area contributed by atoms with E-state index < -0.39 is 0 Å². The molecule has 1 N–H and O–H groups in total. The molecule has 0 aliphatic carbocycles. The first-order valence-corrected chi connectivity index (χ1v) is 5.28. The molecule has 3 nitrogen and oxygen atoms in total. The lowest BCUT2D eigenvalue weighted by atomic mass is 10.1. The van der Waals surface area contributed by atoms with E-state index in [0.717, 1.165) is 25.4 Å². The average Bonchev–Trinajstić information content (AvgIpc) is 2.69. The summed E-state index contributed by atoms with van der Waals surface area (Å²) in [6.45, 7) is 7.71. The highest BCUT2D eigenvalue weighted by molar-refractivity contribution is 5.04. The number of hydrogen-bond acceptors (Lipinski definition) is 3. The van der Waals surface area contributed by atoms with Crippen molar-refractivity contribution in [1.29, 1.82) is 0 Å². The molecule has 0 aromatic carbocycles. The summed E-state index contributed by atoms with van der Waals surface area (Å²) in [4.78, 5) is 2.46. The summed E-state index contributed by atoms with van der Waals surface area (Å²) in [5, 5.41) is 3.44. The second kappa shape index (κ2) is 4.15. The van der Waals surface area contributed by atoms with E-state index in [9.17, 15) is 0 Å². The highest BCUT2D eigenvalue weighted by Crippen LogP contribution is 2.21. The van der Waals surface area contributed by atoms with Crippen LogP contribution in [0.3, 0.4) is 0 Å². The molecule has 3 heteroatoms. The van der Waals surface area contributed by atoms with Gasteiger partial charge in [0, 0.05) is 25.7 Å². The van der Waals surface area contributed by atoms with Gasteiger partial charge < -0.3 is 9.73 Å². The van der Waals surface area contributed by atoms with Gasteiger partial charge >= 0.3 is 0 Å². The van der Waals surface area contributed by atoms with Crippen molar-refractivity contribution in [2.75, 3.05) is 19.6 Å². The van der Waals surface area contributed by atoms with Crippen LogP contribution in [0.2, 0.25) is 0 Å². The maximum Gasteiger partial charge on any atom is 0.120 e. The highest BCUT2D eigenvalue weighted by Gasteiger charge is 2.22. The molecular formula is C11H18N2O. The third kappa shape index (κ3) is 1.99. The Morgan fingerprint density at radius 2 is 2.50 bits per heavy atom. The zero-order chi connectivity index (χ0) is 9.97. The minimum absolute atomic E-state index is 0.398. The van der Waals surface area contributed by atoms with E-state index >= 15 is 0 Å². The van der Waals surface area contributed by atoms with Gasteiger partial charge in [-0.1, -0.05) is 0 Å². The summed E-state index contributed by atoms with van der Waals surface area (Å²) in [6, 6.07) is 4.99. The normalized spacial score (nSPS) is 26.3.